The molecule has 108 valence electrons. The van der Waals surface area contributed by atoms with Crippen LogP contribution in [0.4, 0.5) is 0 Å². The van der Waals surface area contributed by atoms with Crippen LogP contribution in [0, 0.1) is 13.8 Å². The number of hydrogen-bond donors (Lipinski definition) is 1. The minimum Gasteiger partial charge on any atom is -0.394 e. The first kappa shape index (κ1) is 13.5. The zero-order chi connectivity index (χ0) is 14.8. The van der Waals surface area contributed by atoms with Crippen molar-refractivity contribution in [2.75, 3.05) is 6.61 Å². The molecule has 0 saturated carbocycles. The van der Waals surface area contributed by atoms with Crippen molar-refractivity contribution in [1.82, 2.24) is 19.9 Å². The summed E-state index contributed by atoms with van der Waals surface area (Å²) in [5.41, 5.74) is 2.53. The maximum absolute atomic E-state index is 9.23. The average molecular weight is 284 g/mol. The van der Waals surface area contributed by atoms with E-state index in [0.717, 1.165) is 16.8 Å². The SMILES string of the molecule is Cc1noc(C)c1-c1nc(-c2ccccc2)nn1CCO. The minimum absolute atomic E-state index is 0.00599. The van der Waals surface area contributed by atoms with E-state index in [1.54, 1.807) is 4.68 Å². The van der Waals surface area contributed by atoms with Gasteiger partial charge in [0, 0.05) is 5.56 Å². The molecule has 0 radical (unpaired) electrons. The Morgan fingerprint density at radius 3 is 2.57 bits per heavy atom. The molecule has 6 heteroatoms. The van der Waals surface area contributed by atoms with Gasteiger partial charge in [-0.3, -0.25) is 0 Å². The predicted molar refractivity (Wildman–Crippen MR) is 77.5 cm³/mol. The Balaban J connectivity index is 2.14. The maximum Gasteiger partial charge on any atom is 0.181 e. The minimum atomic E-state index is -0.00599. The van der Waals surface area contributed by atoms with Crippen LogP contribution in [0.3, 0.4) is 0 Å². The average Bonchev–Trinajstić information content (AvgIpc) is 3.04. The molecule has 0 aliphatic heterocycles. The van der Waals surface area contributed by atoms with Gasteiger partial charge in [-0.05, 0) is 13.8 Å². The van der Waals surface area contributed by atoms with Crippen molar-refractivity contribution in [3.05, 3.63) is 41.8 Å². The first-order valence-corrected chi connectivity index (χ1v) is 6.75. The van der Waals surface area contributed by atoms with Crippen molar-refractivity contribution >= 4 is 0 Å². The summed E-state index contributed by atoms with van der Waals surface area (Å²) in [4.78, 5) is 4.60. The lowest BCUT2D eigenvalue weighted by molar-refractivity contribution is 0.270. The summed E-state index contributed by atoms with van der Waals surface area (Å²) in [5, 5.41) is 17.7. The fraction of sp³-hybridized carbons (Fsp3) is 0.267. The van der Waals surface area contributed by atoms with Crippen molar-refractivity contribution in [1.29, 1.82) is 0 Å². The van der Waals surface area contributed by atoms with Gasteiger partial charge in [-0.25, -0.2) is 9.67 Å². The van der Waals surface area contributed by atoms with Crippen LogP contribution in [-0.2, 0) is 6.54 Å². The van der Waals surface area contributed by atoms with Crippen LogP contribution in [-0.4, -0.2) is 31.6 Å². The molecular formula is C15H16N4O2. The highest BCUT2D eigenvalue weighted by Crippen LogP contribution is 2.27. The second kappa shape index (κ2) is 5.49. The smallest absolute Gasteiger partial charge is 0.181 e. The van der Waals surface area contributed by atoms with Gasteiger partial charge < -0.3 is 9.63 Å². The number of nitrogens with zero attached hydrogens (tertiary/aromatic N) is 4. The van der Waals surface area contributed by atoms with Gasteiger partial charge in [0.2, 0.25) is 0 Å². The second-order valence-electron chi connectivity index (χ2n) is 4.77. The van der Waals surface area contributed by atoms with E-state index in [1.807, 2.05) is 44.2 Å². The molecule has 1 N–H and O–H groups in total. The molecule has 2 heterocycles. The van der Waals surface area contributed by atoms with Gasteiger partial charge in [0.05, 0.1) is 24.4 Å². The molecule has 0 aliphatic carbocycles. The Kier molecular flexibility index (Phi) is 3.53. The van der Waals surface area contributed by atoms with E-state index in [2.05, 4.69) is 15.2 Å². The van der Waals surface area contributed by atoms with E-state index in [0.29, 0.717) is 24.0 Å². The van der Waals surface area contributed by atoms with Gasteiger partial charge in [-0.1, -0.05) is 35.5 Å². The summed E-state index contributed by atoms with van der Waals surface area (Å²) in [5.74, 6) is 1.98. The van der Waals surface area contributed by atoms with Crippen molar-refractivity contribution in [3.8, 4) is 22.8 Å². The van der Waals surface area contributed by atoms with Crippen molar-refractivity contribution in [3.63, 3.8) is 0 Å². The van der Waals surface area contributed by atoms with Gasteiger partial charge in [0.15, 0.2) is 11.6 Å². The third kappa shape index (κ3) is 2.45. The Morgan fingerprint density at radius 2 is 1.95 bits per heavy atom. The van der Waals surface area contributed by atoms with E-state index < -0.39 is 0 Å². The molecule has 0 aliphatic rings. The van der Waals surface area contributed by atoms with Crippen LogP contribution in [0.15, 0.2) is 34.9 Å². The molecule has 2 aromatic heterocycles. The zero-order valence-corrected chi connectivity index (χ0v) is 11.9. The lowest BCUT2D eigenvalue weighted by atomic mass is 10.2. The maximum atomic E-state index is 9.23. The fourth-order valence-electron chi connectivity index (χ4n) is 2.29. The molecule has 0 amide bonds. The van der Waals surface area contributed by atoms with Gasteiger partial charge >= 0.3 is 0 Å². The van der Waals surface area contributed by atoms with Crippen LogP contribution in [0.25, 0.3) is 22.8 Å². The molecule has 3 rings (SSSR count). The summed E-state index contributed by atoms with van der Waals surface area (Å²) in [6, 6.07) is 9.74. The molecular weight excluding hydrogens is 268 g/mol. The standard InChI is InChI=1S/C15H16N4O2/c1-10-13(11(2)21-18-10)15-16-14(17-19(15)8-9-20)12-6-4-3-5-7-12/h3-7,20H,8-9H2,1-2H3. The van der Waals surface area contributed by atoms with Crippen LogP contribution in [0.5, 0.6) is 0 Å². The summed E-state index contributed by atoms with van der Waals surface area (Å²) < 4.78 is 6.89. The number of aromatic nitrogens is 4. The summed E-state index contributed by atoms with van der Waals surface area (Å²) >= 11 is 0. The second-order valence-corrected chi connectivity index (χ2v) is 4.77. The first-order valence-electron chi connectivity index (χ1n) is 6.75. The van der Waals surface area contributed by atoms with E-state index in [1.165, 1.54) is 0 Å². The van der Waals surface area contributed by atoms with Crippen LogP contribution in [0.1, 0.15) is 11.5 Å². The molecule has 0 fully saturated rings. The van der Waals surface area contributed by atoms with Gasteiger partial charge in [-0.2, -0.15) is 5.10 Å². The van der Waals surface area contributed by atoms with E-state index in [-0.39, 0.29) is 6.61 Å². The molecule has 0 unspecified atom stereocenters. The monoisotopic (exact) mass is 284 g/mol. The lowest BCUT2D eigenvalue weighted by Crippen LogP contribution is -2.06. The highest BCUT2D eigenvalue weighted by molar-refractivity contribution is 5.64. The molecule has 0 atom stereocenters. The third-order valence-electron chi connectivity index (χ3n) is 3.27. The van der Waals surface area contributed by atoms with Crippen LogP contribution < -0.4 is 0 Å². The molecule has 1 aromatic carbocycles. The van der Waals surface area contributed by atoms with E-state index in [4.69, 9.17) is 4.52 Å². The number of aliphatic hydroxyl groups is 1. The summed E-state index contributed by atoms with van der Waals surface area (Å²) in [6.45, 7) is 4.08. The molecule has 21 heavy (non-hydrogen) atoms. The molecule has 0 bridgehead atoms. The summed E-state index contributed by atoms with van der Waals surface area (Å²) in [7, 11) is 0. The molecule has 0 spiro atoms. The number of hydrogen-bond acceptors (Lipinski definition) is 5. The lowest BCUT2D eigenvalue weighted by Gasteiger charge is -2.02. The Bertz CT molecular complexity index is 727. The van der Waals surface area contributed by atoms with Gasteiger partial charge in [0.1, 0.15) is 5.76 Å². The number of aryl methyl sites for hydroxylation is 2. The topological polar surface area (TPSA) is 77.0 Å². The van der Waals surface area contributed by atoms with Crippen molar-refractivity contribution in [2.45, 2.75) is 20.4 Å². The molecule has 6 nitrogen and oxygen atoms in total. The Hall–Kier alpha value is -2.47. The number of rotatable bonds is 4. The van der Waals surface area contributed by atoms with Crippen LogP contribution in [0.2, 0.25) is 0 Å². The highest BCUT2D eigenvalue weighted by atomic mass is 16.5. The van der Waals surface area contributed by atoms with Crippen molar-refractivity contribution < 1.29 is 9.63 Å². The largest absolute Gasteiger partial charge is 0.394 e. The third-order valence-corrected chi connectivity index (χ3v) is 3.27. The first-order chi connectivity index (χ1) is 10.2. The molecule has 3 aromatic rings. The van der Waals surface area contributed by atoms with Crippen molar-refractivity contribution in [2.24, 2.45) is 0 Å². The molecule has 0 saturated heterocycles. The van der Waals surface area contributed by atoms with Gasteiger partial charge in [-0.15, -0.1) is 0 Å². The number of benzene rings is 1. The zero-order valence-electron chi connectivity index (χ0n) is 11.9. The predicted octanol–water partition coefficient (Wildman–Crippen LogP) is 2.21. The number of aliphatic hydroxyl groups excluding tert-OH is 1. The quantitative estimate of drug-likeness (QED) is 0.794. The Morgan fingerprint density at radius 1 is 1.19 bits per heavy atom. The van der Waals surface area contributed by atoms with Crippen LogP contribution >= 0.6 is 0 Å². The normalized spacial score (nSPS) is 11.0. The van der Waals surface area contributed by atoms with Gasteiger partial charge in [0.25, 0.3) is 0 Å². The highest BCUT2D eigenvalue weighted by Gasteiger charge is 2.20. The Labute approximate surface area is 122 Å². The van der Waals surface area contributed by atoms with E-state index >= 15 is 0 Å². The van der Waals surface area contributed by atoms with E-state index in [9.17, 15) is 5.11 Å². The fourth-order valence-corrected chi connectivity index (χ4v) is 2.29. The summed E-state index contributed by atoms with van der Waals surface area (Å²) in [6.07, 6.45) is 0.